The normalized spacial score (nSPS) is 22.4. The highest BCUT2D eigenvalue weighted by Crippen LogP contribution is 2.18. The van der Waals surface area contributed by atoms with Gasteiger partial charge in [0.2, 0.25) is 5.91 Å². The van der Waals surface area contributed by atoms with E-state index in [1.807, 2.05) is 0 Å². The van der Waals surface area contributed by atoms with Gasteiger partial charge in [0.15, 0.2) is 0 Å². The number of benzene rings is 1. The zero-order valence-electron chi connectivity index (χ0n) is 11.0. The van der Waals surface area contributed by atoms with Crippen LogP contribution in [0.3, 0.4) is 0 Å². The van der Waals surface area contributed by atoms with Crippen LogP contribution in [0.5, 0.6) is 0 Å². The third kappa shape index (κ3) is 3.93. The van der Waals surface area contributed by atoms with Crippen molar-refractivity contribution in [3.05, 3.63) is 29.3 Å². The summed E-state index contributed by atoms with van der Waals surface area (Å²) in [6.07, 6.45) is 1.04. The highest BCUT2D eigenvalue weighted by atomic mass is 35.5. The highest BCUT2D eigenvalue weighted by Gasteiger charge is 2.33. The third-order valence-corrected chi connectivity index (χ3v) is 3.44. The summed E-state index contributed by atoms with van der Waals surface area (Å²) in [5.74, 6) is -0.143. The first-order chi connectivity index (χ1) is 9.20. The minimum atomic E-state index is -0.137. The Morgan fingerprint density at radius 2 is 2.11 bits per heavy atom. The maximum Gasteiger partial charge on any atom is 0.231 e. The fourth-order valence-electron chi connectivity index (χ4n) is 2.11. The predicted octanol–water partition coefficient (Wildman–Crippen LogP) is 2.29. The number of hydrogen-bond donors (Lipinski definition) is 2. The third-order valence-electron chi connectivity index (χ3n) is 3.19. The van der Waals surface area contributed by atoms with Crippen molar-refractivity contribution in [3.8, 4) is 0 Å². The lowest BCUT2D eigenvalue weighted by atomic mass is 10.0. The summed E-state index contributed by atoms with van der Waals surface area (Å²) in [6.45, 7) is 4.07. The Labute approximate surface area is 118 Å². The van der Waals surface area contributed by atoms with Crippen molar-refractivity contribution < 1.29 is 9.53 Å². The van der Waals surface area contributed by atoms with E-state index >= 15 is 0 Å². The lowest BCUT2D eigenvalue weighted by Gasteiger charge is -2.18. The van der Waals surface area contributed by atoms with E-state index in [9.17, 15) is 4.79 Å². The molecule has 1 saturated heterocycles. The van der Waals surface area contributed by atoms with Crippen LogP contribution in [0.25, 0.3) is 0 Å². The van der Waals surface area contributed by atoms with E-state index < -0.39 is 0 Å². The largest absolute Gasteiger partial charge is 0.379 e. The minimum Gasteiger partial charge on any atom is -0.379 e. The van der Waals surface area contributed by atoms with Gasteiger partial charge in [-0.05, 0) is 37.2 Å². The standard InChI is InChI=1S/C14H19ClN2O2/c1-2-7-16-13-9-19-8-12(13)14(18)17-11-5-3-10(15)4-6-11/h3-6,12-13,16H,2,7-9H2,1H3,(H,17,18). The number of nitrogens with one attached hydrogen (secondary N) is 2. The highest BCUT2D eigenvalue weighted by molar-refractivity contribution is 6.30. The first-order valence-electron chi connectivity index (χ1n) is 6.58. The van der Waals surface area contributed by atoms with Crippen molar-refractivity contribution in [2.24, 2.45) is 5.92 Å². The molecule has 2 atom stereocenters. The second-order valence-corrected chi connectivity index (χ2v) is 5.14. The number of anilines is 1. The smallest absolute Gasteiger partial charge is 0.231 e. The van der Waals surface area contributed by atoms with Crippen molar-refractivity contribution in [1.29, 1.82) is 0 Å². The minimum absolute atomic E-state index is 0.00609. The molecular weight excluding hydrogens is 264 g/mol. The van der Waals surface area contributed by atoms with Crippen LogP contribution in [0.4, 0.5) is 5.69 Å². The first kappa shape index (κ1) is 14.3. The van der Waals surface area contributed by atoms with E-state index in [1.54, 1.807) is 24.3 Å². The Balaban J connectivity index is 1.93. The molecule has 2 unspecified atom stereocenters. The molecule has 0 aromatic heterocycles. The average molecular weight is 283 g/mol. The van der Waals surface area contributed by atoms with E-state index in [4.69, 9.17) is 16.3 Å². The van der Waals surface area contributed by atoms with Gasteiger partial charge in [0, 0.05) is 16.8 Å². The molecule has 1 fully saturated rings. The van der Waals surface area contributed by atoms with Gasteiger partial charge in [-0.3, -0.25) is 4.79 Å². The summed E-state index contributed by atoms with van der Waals surface area (Å²) in [7, 11) is 0. The van der Waals surface area contributed by atoms with Gasteiger partial charge in [0.25, 0.3) is 0 Å². The van der Waals surface area contributed by atoms with Crippen molar-refractivity contribution in [1.82, 2.24) is 5.32 Å². The van der Waals surface area contributed by atoms with Crippen LogP contribution < -0.4 is 10.6 Å². The number of halogens is 1. The molecule has 0 aliphatic carbocycles. The van der Waals surface area contributed by atoms with Crippen molar-refractivity contribution in [3.63, 3.8) is 0 Å². The van der Waals surface area contributed by atoms with Crippen LogP contribution in [-0.4, -0.2) is 31.7 Å². The molecular formula is C14H19ClN2O2. The topological polar surface area (TPSA) is 50.4 Å². The Bertz CT molecular complexity index is 422. The Morgan fingerprint density at radius 3 is 2.79 bits per heavy atom. The van der Waals surface area contributed by atoms with Gasteiger partial charge in [0.05, 0.1) is 19.1 Å². The van der Waals surface area contributed by atoms with Gasteiger partial charge in [0.1, 0.15) is 0 Å². The molecule has 5 heteroatoms. The molecule has 4 nitrogen and oxygen atoms in total. The van der Waals surface area contributed by atoms with E-state index in [2.05, 4.69) is 17.6 Å². The number of amides is 1. The van der Waals surface area contributed by atoms with Gasteiger partial charge in [-0.2, -0.15) is 0 Å². The number of carbonyl (C=O) groups excluding carboxylic acids is 1. The molecule has 1 aromatic carbocycles. The molecule has 2 N–H and O–H groups in total. The Kier molecular flexibility index (Phi) is 5.19. The Morgan fingerprint density at radius 1 is 1.37 bits per heavy atom. The van der Waals surface area contributed by atoms with Gasteiger partial charge in [-0.1, -0.05) is 18.5 Å². The van der Waals surface area contributed by atoms with Crippen LogP contribution in [0.15, 0.2) is 24.3 Å². The zero-order chi connectivity index (χ0) is 13.7. The number of ether oxygens (including phenoxy) is 1. The van der Waals surface area contributed by atoms with E-state index in [1.165, 1.54) is 0 Å². The molecule has 0 radical (unpaired) electrons. The van der Waals surface area contributed by atoms with Gasteiger partial charge in [-0.25, -0.2) is 0 Å². The molecule has 0 saturated carbocycles. The summed E-state index contributed by atoms with van der Waals surface area (Å²) in [5.41, 5.74) is 0.760. The van der Waals surface area contributed by atoms with Crippen LogP contribution >= 0.6 is 11.6 Å². The van der Waals surface area contributed by atoms with Crippen LogP contribution in [-0.2, 0) is 9.53 Å². The maximum absolute atomic E-state index is 12.2. The molecule has 1 heterocycles. The zero-order valence-corrected chi connectivity index (χ0v) is 11.7. The summed E-state index contributed by atoms with van der Waals surface area (Å²) < 4.78 is 5.40. The van der Waals surface area contributed by atoms with Crippen LogP contribution in [0.2, 0.25) is 5.02 Å². The van der Waals surface area contributed by atoms with Gasteiger partial charge >= 0.3 is 0 Å². The molecule has 2 rings (SSSR count). The fraction of sp³-hybridized carbons (Fsp3) is 0.500. The maximum atomic E-state index is 12.2. The number of carbonyl (C=O) groups is 1. The molecule has 1 aromatic rings. The fourth-order valence-corrected chi connectivity index (χ4v) is 2.24. The SMILES string of the molecule is CCCNC1COCC1C(=O)Nc1ccc(Cl)cc1. The molecule has 19 heavy (non-hydrogen) atoms. The monoisotopic (exact) mass is 282 g/mol. The Hall–Kier alpha value is -1.10. The first-order valence-corrected chi connectivity index (χ1v) is 6.96. The number of hydrogen-bond acceptors (Lipinski definition) is 3. The summed E-state index contributed by atoms with van der Waals surface area (Å²) in [6, 6.07) is 7.21. The van der Waals surface area contributed by atoms with E-state index in [-0.39, 0.29) is 17.9 Å². The second-order valence-electron chi connectivity index (χ2n) is 4.70. The molecule has 1 aliphatic rings. The molecule has 0 bridgehead atoms. The van der Waals surface area contributed by atoms with Gasteiger partial charge in [-0.15, -0.1) is 0 Å². The van der Waals surface area contributed by atoms with Crippen molar-refractivity contribution in [2.75, 3.05) is 25.1 Å². The summed E-state index contributed by atoms with van der Waals surface area (Å²) in [4.78, 5) is 12.2. The van der Waals surface area contributed by atoms with Crippen molar-refractivity contribution >= 4 is 23.2 Å². The average Bonchev–Trinajstić information content (AvgIpc) is 2.87. The van der Waals surface area contributed by atoms with Crippen LogP contribution in [0, 0.1) is 5.92 Å². The molecule has 0 spiro atoms. The molecule has 1 aliphatic heterocycles. The molecule has 104 valence electrons. The quantitative estimate of drug-likeness (QED) is 0.871. The number of rotatable bonds is 5. The summed E-state index contributed by atoms with van der Waals surface area (Å²) >= 11 is 5.81. The predicted molar refractivity (Wildman–Crippen MR) is 76.5 cm³/mol. The lowest BCUT2D eigenvalue weighted by Crippen LogP contribution is -2.41. The van der Waals surface area contributed by atoms with Crippen molar-refractivity contribution in [2.45, 2.75) is 19.4 Å². The van der Waals surface area contributed by atoms with Crippen LogP contribution in [0.1, 0.15) is 13.3 Å². The van der Waals surface area contributed by atoms with Gasteiger partial charge < -0.3 is 15.4 Å². The second kappa shape index (κ2) is 6.89. The lowest BCUT2D eigenvalue weighted by molar-refractivity contribution is -0.120. The summed E-state index contributed by atoms with van der Waals surface area (Å²) in [5, 5.41) is 6.91. The molecule has 1 amide bonds. The van der Waals surface area contributed by atoms with E-state index in [0.717, 1.165) is 18.7 Å². The van der Waals surface area contributed by atoms with E-state index in [0.29, 0.717) is 18.2 Å².